The summed E-state index contributed by atoms with van der Waals surface area (Å²) in [7, 11) is 1.34. The topological polar surface area (TPSA) is 65.2 Å². The lowest BCUT2D eigenvalue weighted by atomic mass is 10.1. The van der Waals surface area contributed by atoms with E-state index in [0.29, 0.717) is 16.3 Å². The van der Waals surface area contributed by atoms with Crippen molar-refractivity contribution in [2.75, 3.05) is 12.8 Å². The number of esters is 1. The van der Waals surface area contributed by atoms with Crippen molar-refractivity contribution in [3.05, 3.63) is 53.2 Å². The average molecular weight is 288 g/mol. The standard InChI is InChI=1S/C15H16N2O2S/c1-10-5-3-4-6-11(10)9-20-14-13(16)12(7-8-17-14)15(18)19-2/h3-8H,9,16H2,1-2H3. The van der Waals surface area contributed by atoms with E-state index in [1.807, 2.05) is 12.1 Å². The van der Waals surface area contributed by atoms with Gasteiger partial charge < -0.3 is 10.5 Å². The molecule has 20 heavy (non-hydrogen) atoms. The highest BCUT2D eigenvalue weighted by Crippen LogP contribution is 2.29. The molecule has 0 amide bonds. The number of nitrogen functional groups attached to an aromatic ring is 1. The van der Waals surface area contributed by atoms with Crippen molar-refractivity contribution in [3.63, 3.8) is 0 Å². The van der Waals surface area contributed by atoms with Crippen molar-refractivity contribution < 1.29 is 9.53 Å². The first kappa shape index (κ1) is 14.4. The van der Waals surface area contributed by atoms with E-state index in [-0.39, 0.29) is 0 Å². The molecule has 0 spiro atoms. The van der Waals surface area contributed by atoms with Crippen LogP contribution in [0.1, 0.15) is 21.5 Å². The highest BCUT2D eigenvalue weighted by atomic mass is 32.2. The summed E-state index contributed by atoms with van der Waals surface area (Å²) < 4.78 is 4.70. The number of nitrogens with two attached hydrogens (primary N) is 1. The van der Waals surface area contributed by atoms with E-state index >= 15 is 0 Å². The molecule has 4 nitrogen and oxygen atoms in total. The van der Waals surface area contributed by atoms with E-state index in [1.54, 1.807) is 12.3 Å². The van der Waals surface area contributed by atoms with Gasteiger partial charge in [-0.1, -0.05) is 36.0 Å². The average Bonchev–Trinajstić information content (AvgIpc) is 2.47. The van der Waals surface area contributed by atoms with E-state index < -0.39 is 5.97 Å². The van der Waals surface area contributed by atoms with Gasteiger partial charge in [0.2, 0.25) is 0 Å². The molecule has 0 unspecified atom stereocenters. The number of pyridine rings is 1. The molecule has 0 saturated carbocycles. The van der Waals surface area contributed by atoms with Crippen LogP contribution in [0.5, 0.6) is 0 Å². The van der Waals surface area contributed by atoms with Crippen LogP contribution in [0.2, 0.25) is 0 Å². The van der Waals surface area contributed by atoms with Gasteiger partial charge in [0.1, 0.15) is 5.03 Å². The Hall–Kier alpha value is -2.01. The van der Waals surface area contributed by atoms with Crippen LogP contribution in [0.4, 0.5) is 5.69 Å². The molecule has 0 bridgehead atoms. The van der Waals surface area contributed by atoms with E-state index in [9.17, 15) is 4.79 Å². The van der Waals surface area contributed by atoms with Crippen LogP contribution < -0.4 is 5.73 Å². The third kappa shape index (κ3) is 3.11. The molecule has 0 atom stereocenters. The lowest BCUT2D eigenvalue weighted by molar-refractivity contribution is 0.0601. The minimum Gasteiger partial charge on any atom is -0.465 e. The summed E-state index contributed by atoms with van der Waals surface area (Å²) in [6.45, 7) is 2.07. The molecule has 0 fully saturated rings. The van der Waals surface area contributed by atoms with Crippen LogP contribution in [0, 0.1) is 6.92 Å². The first-order valence-corrected chi connectivity index (χ1v) is 7.12. The predicted octanol–water partition coefficient (Wildman–Crippen LogP) is 3.05. The Labute approximate surface area is 122 Å². The van der Waals surface area contributed by atoms with Crippen molar-refractivity contribution in [1.29, 1.82) is 0 Å². The lowest BCUT2D eigenvalue weighted by Gasteiger charge is -2.09. The van der Waals surface area contributed by atoms with Crippen LogP contribution in [0.25, 0.3) is 0 Å². The monoisotopic (exact) mass is 288 g/mol. The maximum atomic E-state index is 11.6. The summed E-state index contributed by atoms with van der Waals surface area (Å²) in [6, 6.07) is 9.72. The minimum absolute atomic E-state index is 0.356. The van der Waals surface area contributed by atoms with Gasteiger partial charge >= 0.3 is 5.97 Å². The first-order valence-electron chi connectivity index (χ1n) is 6.13. The van der Waals surface area contributed by atoms with Crippen LogP contribution >= 0.6 is 11.8 Å². The molecule has 2 N–H and O–H groups in total. The number of nitrogens with zero attached hydrogens (tertiary/aromatic N) is 1. The fourth-order valence-corrected chi connectivity index (χ4v) is 2.79. The Balaban J connectivity index is 2.18. The summed E-state index contributed by atoms with van der Waals surface area (Å²) >= 11 is 1.51. The molecule has 1 aromatic carbocycles. The van der Waals surface area contributed by atoms with Gasteiger partial charge in [-0.05, 0) is 24.1 Å². The van der Waals surface area contributed by atoms with Crippen LogP contribution in [-0.2, 0) is 10.5 Å². The van der Waals surface area contributed by atoms with Crippen molar-refractivity contribution in [1.82, 2.24) is 4.98 Å². The maximum absolute atomic E-state index is 11.6. The summed E-state index contributed by atoms with van der Waals surface area (Å²) in [4.78, 5) is 15.8. The van der Waals surface area contributed by atoms with Crippen molar-refractivity contribution in [2.24, 2.45) is 0 Å². The Morgan fingerprint density at radius 3 is 2.80 bits per heavy atom. The smallest absolute Gasteiger partial charge is 0.340 e. The zero-order valence-electron chi connectivity index (χ0n) is 11.4. The SMILES string of the molecule is COC(=O)c1ccnc(SCc2ccccc2C)c1N. The van der Waals surface area contributed by atoms with Gasteiger partial charge in [-0.3, -0.25) is 0 Å². The van der Waals surface area contributed by atoms with E-state index in [0.717, 1.165) is 5.75 Å². The number of aromatic nitrogens is 1. The molecule has 2 aromatic rings. The molecule has 1 aromatic heterocycles. The zero-order valence-corrected chi connectivity index (χ0v) is 12.2. The fraction of sp³-hybridized carbons (Fsp3) is 0.200. The van der Waals surface area contributed by atoms with E-state index in [1.165, 1.54) is 30.0 Å². The van der Waals surface area contributed by atoms with Gasteiger partial charge in [0.05, 0.1) is 18.4 Å². The number of carbonyl (C=O) groups excluding carboxylic acids is 1. The molecular weight excluding hydrogens is 272 g/mol. The Morgan fingerprint density at radius 1 is 1.35 bits per heavy atom. The second kappa shape index (κ2) is 6.43. The number of carbonyl (C=O) groups is 1. The second-order valence-electron chi connectivity index (χ2n) is 4.28. The summed E-state index contributed by atoms with van der Waals surface area (Å²) in [6.07, 6.45) is 1.57. The predicted molar refractivity (Wildman–Crippen MR) is 80.7 cm³/mol. The number of hydrogen-bond donors (Lipinski definition) is 1. The number of thioether (sulfide) groups is 1. The number of anilines is 1. The zero-order chi connectivity index (χ0) is 14.5. The Bertz CT molecular complexity index is 629. The Morgan fingerprint density at radius 2 is 2.10 bits per heavy atom. The van der Waals surface area contributed by atoms with Crippen molar-refractivity contribution >= 4 is 23.4 Å². The minimum atomic E-state index is -0.442. The highest BCUT2D eigenvalue weighted by Gasteiger charge is 2.14. The molecule has 2 rings (SSSR count). The van der Waals surface area contributed by atoms with Gasteiger partial charge in [0.15, 0.2) is 0 Å². The second-order valence-corrected chi connectivity index (χ2v) is 5.25. The molecule has 0 aliphatic heterocycles. The number of methoxy groups -OCH3 is 1. The molecule has 0 radical (unpaired) electrons. The molecule has 0 aliphatic carbocycles. The number of aryl methyl sites for hydroxylation is 1. The van der Waals surface area contributed by atoms with Crippen LogP contribution in [0.3, 0.4) is 0 Å². The van der Waals surface area contributed by atoms with Crippen molar-refractivity contribution in [3.8, 4) is 0 Å². The summed E-state index contributed by atoms with van der Waals surface area (Å²) in [5.74, 6) is 0.316. The quantitative estimate of drug-likeness (QED) is 0.692. The third-order valence-corrected chi connectivity index (χ3v) is 4.04. The fourth-order valence-electron chi connectivity index (χ4n) is 1.78. The van der Waals surface area contributed by atoms with Gasteiger partial charge in [0, 0.05) is 11.9 Å². The van der Waals surface area contributed by atoms with Crippen molar-refractivity contribution in [2.45, 2.75) is 17.7 Å². The highest BCUT2D eigenvalue weighted by molar-refractivity contribution is 7.98. The number of hydrogen-bond acceptors (Lipinski definition) is 5. The summed E-state index contributed by atoms with van der Waals surface area (Å²) in [5, 5.41) is 0.649. The number of rotatable bonds is 4. The molecule has 0 aliphatic rings. The molecule has 0 saturated heterocycles. The molecule has 104 valence electrons. The largest absolute Gasteiger partial charge is 0.465 e. The lowest BCUT2D eigenvalue weighted by Crippen LogP contribution is -2.07. The van der Waals surface area contributed by atoms with E-state index in [2.05, 4.69) is 24.0 Å². The Kier molecular flexibility index (Phi) is 4.63. The number of benzene rings is 1. The van der Waals surface area contributed by atoms with Gasteiger partial charge in [-0.15, -0.1) is 0 Å². The maximum Gasteiger partial charge on any atom is 0.340 e. The third-order valence-electron chi connectivity index (χ3n) is 2.98. The number of ether oxygens (including phenoxy) is 1. The molecule has 1 heterocycles. The van der Waals surface area contributed by atoms with E-state index in [4.69, 9.17) is 10.5 Å². The van der Waals surface area contributed by atoms with Gasteiger partial charge in [-0.2, -0.15) is 0 Å². The summed E-state index contributed by atoms with van der Waals surface area (Å²) in [5.41, 5.74) is 9.16. The first-order chi connectivity index (χ1) is 9.63. The molecular formula is C15H16N2O2S. The normalized spacial score (nSPS) is 10.3. The molecule has 5 heteroatoms. The van der Waals surface area contributed by atoms with Crippen LogP contribution in [0.15, 0.2) is 41.6 Å². The van der Waals surface area contributed by atoms with Crippen LogP contribution in [-0.4, -0.2) is 18.1 Å². The van der Waals surface area contributed by atoms with Gasteiger partial charge in [-0.25, -0.2) is 9.78 Å². The van der Waals surface area contributed by atoms with Gasteiger partial charge in [0.25, 0.3) is 0 Å².